The highest BCUT2D eigenvalue weighted by Crippen LogP contribution is 2.03. The van der Waals surface area contributed by atoms with Crippen LogP contribution in [0.1, 0.15) is 0 Å². The van der Waals surface area contributed by atoms with E-state index in [1.54, 1.807) is 0 Å². The Labute approximate surface area is 95.3 Å². The molecule has 0 amide bonds. The molecule has 0 radical (unpaired) electrons. The SMILES string of the molecule is ClC(Cl)Cl.O=C(O)COCC(O)=S. The molecule has 0 bridgehead atoms. The Hall–Kier alpha value is 0.190. The van der Waals surface area contributed by atoms with Gasteiger partial charge in [0.25, 0.3) is 0 Å². The van der Waals surface area contributed by atoms with Gasteiger partial charge < -0.3 is 14.9 Å². The third kappa shape index (κ3) is 33.0. The van der Waals surface area contributed by atoms with Gasteiger partial charge in [-0.25, -0.2) is 4.79 Å². The monoisotopic (exact) mass is 268 g/mol. The number of aliphatic carboxylic acids is 1. The zero-order valence-corrected chi connectivity index (χ0v) is 9.33. The normalized spacial score (nSPS) is 8.92. The van der Waals surface area contributed by atoms with Gasteiger partial charge in [0.05, 0.1) is 0 Å². The van der Waals surface area contributed by atoms with Gasteiger partial charge in [-0.2, -0.15) is 0 Å². The van der Waals surface area contributed by atoms with E-state index in [0.29, 0.717) is 0 Å². The number of halogens is 3. The largest absolute Gasteiger partial charge is 0.500 e. The van der Waals surface area contributed by atoms with E-state index in [9.17, 15) is 4.79 Å². The van der Waals surface area contributed by atoms with Crippen LogP contribution in [0.15, 0.2) is 0 Å². The maximum atomic E-state index is 9.73. The number of hydrogen-bond donors (Lipinski definition) is 2. The van der Waals surface area contributed by atoms with Gasteiger partial charge in [-0.05, 0) is 12.2 Å². The maximum Gasteiger partial charge on any atom is 0.329 e. The number of carbonyl (C=O) groups is 1. The third-order valence-electron chi connectivity index (χ3n) is 0.451. The van der Waals surface area contributed by atoms with Gasteiger partial charge in [-0.1, -0.05) is 34.8 Å². The second kappa shape index (κ2) is 10.3. The molecule has 0 aliphatic rings. The highest BCUT2D eigenvalue weighted by molar-refractivity contribution is 7.80. The van der Waals surface area contributed by atoms with Crippen LogP contribution in [0.3, 0.4) is 0 Å². The lowest BCUT2D eigenvalue weighted by molar-refractivity contribution is -0.141. The van der Waals surface area contributed by atoms with Crippen LogP contribution in [-0.2, 0) is 9.53 Å². The zero-order valence-electron chi connectivity index (χ0n) is 6.24. The first-order chi connectivity index (χ1) is 5.86. The van der Waals surface area contributed by atoms with Crippen molar-refractivity contribution in [3.05, 3.63) is 0 Å². The molecule has 78 valence electrons. The van der Waals surface area contributed by atoms with E-state index in [0.717, 1.165) is 0 Å². The summed E-state index contributed by atoms with van der Waals surface area (Å²) in [6.07, 6.45) is 0. The number of alkyl halides is 3. The van der Waals surface area contributed by atoms with Crippen molar-refractivity contribution >= 4 is 58.0 Å². The molecule has 0 saturated carbocycles. The first-order valence-corrected chi connectivity index (χ1v) is 4.51. The molecule has 0 rings (SSSR count). The van der Waals surface area contributed by atoms with Crippen LogP contribution in [0.5, 0.6) is 0 Å². The number of rotatable bonds is 4. The number of aliphatic hydroxyl groups is 1. The lowest BCUT2D eigenvalue weighted by Gasteiger charge is -1.94. The number of aliphatic hydroxyl groups excluding tert-OH is 1. The average molecular weight is 270 g/mol. The van der Waals surface area contributed by atoms with E-state index in [2.05, 4.69) is 17.0 Å². The van der Waals surface area contributed by atoms with Crippen LogP contribution < -0.4 is 0 Å². The van der Waals surface area contributed by atoms with Gasteiger partial charge in [0, 0.05) is 0 Å². The van der Waals surface area contributed by atoms with Crippen molar-refractivity contribution in [3.8, 4) is 0 Å². The summed E-state index contributed by atoms with van der Waals surface area (Å²) in [6.45, 7) is -0.623. The zero-order chi connectivity index (χ0) is 10.9. The summed E-state index contributed by atoms with van der Waals surface area (Å²) < 4.78 is 3.62. The third-order valence-corrected chi connectivity index (χ3v) is 0.569. The molecule has 2 N–H and O–H groups in total. The fourth-order valence-electron chi connectivity index (χ4n) is 0.226. The van der Waals surface area contributed by atoms with Crippen LogP contribution in [0.2, 0.25) is 0 Å². The van der Waals surface area contributed by atoms with Crippen molar-refractivity contribution in [1.29, 1.82) is 0 Å². The Morgan fingerprint density at radius 1 is 1.31 bits per heavy atom. The lowest BCUT2D eigenvalue weighted by Crippen LogP contribution is -2.11. The quantitative estimate of drug-likeness (QED) is 0.603. The Morgan fingerprint density at radius 3 is 1.92 bits per heavy atom. The molecule has 0 heterocycles. The summed E-state index contributed by atoms with van der Waals surface area (Å²) in [5.41, 5.74) is 0. The van der Waals surface area contributed by atoms with Gasteiger partial charge in [0.2, 0.25) is 0 Å². The summed E-state index contributed by atoms with van der Waals surface area (Å²) in [7, 11) is 0. The molecule has 0 aliphatic heterocycles. The summed E-state index contributed by atoms with van der Waals surface area (Å²) in [6, 6.07) is 0. The van der Waals surface area contributed by atoms with Crippen LogP contribution in [-0.4, -0.2) is 38.7 Å². The van der Waals surface area contributed by atoms with Crippen molar-refractivity contribution in [2.24, 2.45) is 0 Å². The highest BCUT2D eigenvalue weighted by Gasteiger charge is 1.96. The van der Waals surface area contributed by atoms with E-state index in [-0.39, 0.29) is 11.7 Å². The molecule has 0 fully saturated rings. The fraction of sp³-hybridized carbons (Fsp3) is 0.600. The van der Waals surface area contributed by atoms with Crippen LogP contribution in [0, 0.1) is 0 Å². The van der Waals surface area contributed by atoms with E-state index < -0.39 is 16.9 Å². The summed E-state index contributed by atoms with van der Waals surface area (Å²) in [4.78, 5) is 9.73. The fourth-order valence-corrected chi connectivity index (χ4v) is 0.309. The molecule has 0 spiro atoms. The number of carboxylic acid groups (broad SMARTS) is 1. The Kier molecular flexibility index (Phi) is 12.4. The predicted octanol–water partition coefficient (Wildman–Crippen LogP) is 1.96. The molecule has 0 aromatic rings. The van der Waals surface area contributed by atoms with Gasteiger partial charge in [-0.3, -0.25) is 0 Å². The van der Waals surface area contributed by atoms with Gasteiger partial charge in [-0.15, -0.1) is 0 Å². The van der Waals surface area contributed by atoms with Crippen molar-refractivity contribution < 1.29 is 19.7 Å². The van der Waals surface area contributed by atoms with Gasteiger partial charge >= 0.3 is 5.97 Å². The summed E-state index contributed by atoms with van der Waals surface area (Å²) in [5, 5.41) is 15.9. The number of hydrogen-bond acceptors (Lipinski definition) is 3. The number of ether oxygens (including phenoxy) is 1. The van der Waals surface area contributed by atoms with E-state index in [4.69, 9.17) is 45.0 Å². The minimum Gasteiger partial charge on any atom is -0.500 e. The minimum absolute atomic E-state index is 0.193. The lowest BCUT2D eigenvalue weighted by atomic mass is 10.7. The van der Waals surface area contributed by atoms with E-state index in [1.165, 1.54) is 0 Å². The molecular formula is C5H7Cl3O4S. The predicted molar refractivity (Wildman–Crippen MR) is 55.0 cm³/mol. The Bertz CT molecular complexity index is 147. The Morgan fingerprint density at radius 2 is 1.69 bits per heavy atom. The topological polar surface area (TPSA) is 66.8 Å². The van der Waals surface area contributed by atoms with Gasteiger partial charge in [0.1, 0.15) is 13.2 Å². The molecule has 0 unspecified atom stereocenters. The van der Waals surface area contributed by atoms with Gasteiger partial charge in [0.15, 0.2) is 9.35 Å². The van der Waals surface area contributed by atoms with Crippen molar-refractivity contribution in [1.82, 2.24) is 0 Å². The van der Waals surface area contributed by atoms with Crippen molar-refractivity contribution in [2.75, 3.05) is 13.2 Å². The molecular weight excluding hydrogens is 262 g/mol. The Balaban J connectivity index is 0. The second-order valence-electron chi connectivity index (χ2n) is 1.53. The summed E-state index contributed by atoms with van der Waals surface area (Å²) in [5.74, 6) is -1.08. The molecule has 13 heavy (non-hydrogen) atoms. The first-order valence-electron chi connectivity index (χ1n) is 2.79. The molecule has 8 heteroatoms. The first kappa shape index (κ1) is 15.7. The van der Waals surface area contributed by atoms with E-state index in [1.807, 2.05) is 0 Å². The maximum absolute atomic E-state index is 9.73. The molecule has 0 saturated heterocycles. The standard InChI is InChI=1S/C4H6O4S.CHCl3/c5-3(6)1-8-2-4(7)9;2-1(3)4/h1-2H2,(H,5,6)(H,7,9);1H. The molecule has 4 nitrogen and oxygen atoms in total. The molecule has 0 aromatic carbocycles. The summed E-state index contributed by atoms with van der Waals surface area (Å²) >= 11 is 18.6. The average Bonchev–Trinajstić information content (AvgIpc) is 1.83. The highest BCUT2D eigenvalue weighted by atomic mass is 35.6. The molecule has 0 aromatic heterocycles. The number of carboxylic acids is 1. The smallest absolute Gasteiger partial charge is 0.329 e. The minimum atomic E-state index is -1.08. The number of thiocarbonyl (C=S) groups is 1. The van der Waals surface area contributed by atoms with Crippen LogP contribution in [0.25, 0.3) is 0 Å². The van der Waals surface area contributed by atoms with E-state index >= 15 is 0 Å². The van der Waals surface area contributed by atoms with Crippen LogP contribution >= 0.6 is 47.0 Å². The van der Waals surface area contributed by atoms with Crippen molar-refractivity contribution in [2.45, 2.75) is 4.30 Å². The van der Waals surface area contributed by atoms with Crippen LogP contribution in [0.4, 0.5) is 0 Å². The molecule has 0 atom stereocenters. The molecule has 0 aliphatic carbocycles. The van der Waals surface area contributed by atoms with Crippen molar-refractivity contribution in [3.63, 3.8) is 0 Å². The second-order valence-corrected chi connectivity index (χ2v) is 3.98.